The third kappa shape index (κ3) is 2.80. The maximum atomic E-state index is 4.44. The predicted molar refractivity (Wildman–Crippen MR) is 82.0 cm³/mol. The fourth-order valence-electron chi connectivity index (χ4n) is 1.96. The largest absolute Gasteiger partial charge is 0.245 e. The second kappa shape index (κ2) is 5.63. The molecular weight excluding hydrogens is 250 g/mol. The van der Waals surface area contributed by atoms with Crippen molar-refractivity contribution >= 4 is 23.0 Å². The third-order valence-corrected chi connectivity index (χ3v) is 3.66. The van der Waals surface area contributed by atoms with Crippen molar-refractivity contribution in [1.82, 2.24) is 4.98 Å². The summed E-state index contributed by atoms with van der Waals surface area (Å²) in [5.74, 6) is 0. The van der Waals surface area contributed by atoms with Gasteiger partial charge in [0.25, 0.3) is 0 Å². The molecule has 1 aromatic heterocycles. The van der Waals surface area contributed by atoms with Gasteiger partial charge in [-0.3, -0.25) is 0 Å². The van der Waals surface area contributed by atoms with Gasteiger partial charge < -0.3 is 0 Å². The van der Waals surface area contributed by atoms with Crippen LogP contribution in [0.2, 0.25) is 0 Å². The Bertz CT molecular complexity index is 655. The Balaban J connectivity index is 2.10. The molecule has 3 aromatic rings. The zero-order chi connectivity index (χ0) is 12.9. The third-order valence-electron chi connectivity index (χ3n) is 2.86. The van der Waals surface area contributed by atoms with Crippen LogP contribution in [0.1, 0.15) is 16.1 Å². The van der Waals surface area contributed by atoms with Gasteiger partial charge in [-0.25, -0.2) is 4.98 Å². The first-order valence-corrected chi connectivity index (χ1v) is 7.03. The number of benzene rings is 2. The van der Waals surface area contributed by atoms with Gasteiger partial charge in [-0.1, -0.05) is 60.7 Å². The summed E-state index contributed by atoms with van der Waals surface area (Å²) in [6.45, 7) is 0. The van der Waals surface area contributed by atoms with Crippen molar-refractivity contribution in [1.29, 1.82) is 0 Å². The van der Waals surface area contributed by atoms with E-state index in [0.29, 0.717) is 0 Å². The molecule has 1 nitrogen and oxygen atoms in total. The van der Waals surface area contributed by atoms with Gasteiger partial charge in [0.15, 0.2) is 0 Å². The summed E-state index contributed by atoms with van der Waals surface area (Å²) < 4.78 is 0. The number of hydrogen-bond acceptors (Lipinski definition) is 2. The van der Waals surface area contributed by atoms with E-state index < -0.39 is 0 Å². The lowest BCUT2D eigenvalue weighted by atomic mass is 10.0. The van der Waals surface area contributed by atoms with Crippen LogP contribution < -0.4 is 0 Å². The molecule has 0 aliphatic rings. The highest BCUT2D eigenvalue weighted by molar-refractivity contribution is 7.10. The van der Waals surface area contributed by atoms with Gasteiger partial charge in [0, 0.05) is 17.2 Å². The van der Waals surface area contributed by atoms with Crippen LogP contribution in [0.15, 0.2) is 72.2 Å². The number of aromatic nitrogens is 1. The molecule has 92 valence electrons. The first-order chi connectivity index (χ1) is 9.43. The fraction of sp³-hybridized carbons (Fsp3) is 0. The maximum absolute atomic E-state index is 4.44. The van der Waals surface area contributed by atoms with Crippen molar-refractivity contribution in [2.45, 2.75) is 0 Å². The SMILES string of the molecule is C(=C(c1ccccc1)c1nccs1)c1ccccc1. The van der Waals surface area contributed by atoms with Gasteiger partial charge >= 0.3 is 0 Å². The standard InChI is InChI=1S/C17H13NS/c1-3-7-14(8-4-1)13-16(17-18-11-12-19-17)15-9-5-2-6-10-15/h1-13H. The molecule has 1 heterocycles. The van der Waals surface area contributed by atoms with Gasteiger partial charge in [0.1, 0.15) is 5.01 Å². The molecule has 0 saturated heterocycles. The quantitative estimate of drug-likeness (QED) is 0.622. The summed E-state index contributed by atoms with van der Waals surface area (Å²) in [5, 5.41) is 3.06. The molecule has 0 bridgehead atoms. The Morgan fingerprint density at radius 3 is 2.21 bits per heavy atom. The lowest BCUT2D eigenvalue weighted by Gasteiger charge is -2.05. The summed E-state index contributed by atoms with van der Waals surface area (Å²) in [7, 11) is 0. The minimum Gasteiger partial charge on any atom is -0.245 e. The maximum Gasteiger partial charge on any atom is 0.123 e. The molecule has 0 spiro atoms. The average molecular weight is 263 g/mol. The molecule has 0 radical (unpaired) electrons. The minimum absolute atomic E-state index is 1.05. The second-order valence-electron chi connectivity index (χ2n) is 4.17. The van der Waals surface area contributed by atoms with Crippen molar-refractivity contribution in [3.8, 4) is 0 Å². The van der Waals surface area contributed by atoms with Crippen molar-refractivity contribution in [2.75, 3.05) is 0 Å². The van der Waals surface area contributed by atoms with Gasteiger partial charge in [-0.15, -0.1) is 11.3 Å². The molecule has 19 heavy (non-hydrogen) atoms. The van der Waals surface area contributed by atoms with Crippen LogP contribution in [0.4, 0.5) is 0 Å². The van der Waals surface area contributed by atoms with Gasteiger partial charge in [0.2, 0.25) is 0 Å². The van der Waals surface area contributed by atoms with E-state index in [9.17, 15) is 0 Å². The minimum atomic E-state index is 1.05. The molecule has 2 aromatic carbocycles. The van der Waals surface area contributed by atoms with Gasteiger partial charge in [0.05, 0.1) is 0 Å². The number of nitrogens with zero attached hydrogens (tertiary/aromatic N) is 1. The van der Waals surface area contributed by atoms with Crippen molar-refractivity contribution in [3.63, 3.8) is 0 Å². The van der Waals surface area contributed by atoms with Crippen LogP contribution in [-0.4, -0.2) is 4.98 Å². The highest BCUT2D eigenvalue weighted by Gasteiger charge is 2.07. The van der Waals surface area contributed by atoms with Gasteiger partial charge in [-0.05, 0) is 17.2 Å². The Morgan fingerprint density at radius 2 is 1.58 bits per heavy atom. The zero-order valence-corrected chi connectivity index (χ0v) is 11.2. The van der Waals surface area contributed by atoms with Crippen LogP contribution >= 0.6 is 11.3 Å². The van der Waals surface area contributed by atoms with E-state index in [2.05, 4.69) is 59.6 Å². The van der Waals surface area contributed by atoms with Crippen molar-refractivity contribution < 1.29 is 0 Å². The average Bonchev–Trinajstić information content (AvgIpc) is 3.01. The van der Waals surface area contributed by atoms with Crippen LogP contribution in [0.3, 0.4) is 0 Å². The summed E-state index contributed by atoms with van der Waals surface area (Å²) >= 11 is 1.67. The molecular formula is C17H13NS. The summed E-state index contributed by atoms with van der Waals surface area (Å²) in [6, 6.07) is 20.7. The second-order valence-corrected chi connectivity index (χ2v) is 5.07. The highest BCUT2D eigenvalue weighted by Crippen LogP contribution is 2.27. The molecule has 2 heteroatoms. The number of thiazole rings is 1. The Hall–Kier alpha value is -2.19. The molecule has 0 fully saturated rings. The topological polar surface area (TPSA) is 12.9 Å². The Kier molecular flexibility index (Phi) is 3.52. The van der Waals surface area contributed by atoms with E-state index in [1.54, 1.807) is 11.3 Å². The van der Waals surface area contributed by atoms with Crippen molar-refractivity contribution in [3.05, 3.63) is 88.4 Å². The van der Waals surface area contributed by atoms with Crippen LogP contribution in [0, 0.1) is 0 Å². The summed E-state index contributed by atoms with van der Waals surface area (Å²) in [4.78, 5) is 4.44. The highest BCUT2D eigenvalue weighted by atomic mass is 32.1. The lowest BCUT2D eigenvalue weighted by molar-refractivity contribution is 1.37. The lowest BCUT2D eigenvalue weighted by Crippen LogP contribution is -1.86. The molecule has 0 amide bonds. The summed E-state index contributed by atoms with van der Waals surface area (Å²) in [5.41, 5.74) is 3.56. The Labute approximate surface area is 116 Å². The fourth-order valence-corrected chi connectivity index (χ4v) is 2.63. The molecule has 0 N–H and O–H groups in total. The van der Waals surface area contributed by atoms with Crippen molar-refractivity contribution in [2.24, 2.45) is 0 Å². The molecule has 0 aliphatic heterocycles. The van der Waals surface area contributed by atoms with Gasteiger partial charge in [-0.2, -0.15) is 0 Å². The molecule has 0 aliphatic carbocycles. The van der Waals surface area contributed by atoms with E-state index >= 15 is 0 Å². The van der Waals surface area contributed by atoms with E-state index in [1.165, 1.54) is 16.7 Å². The summed E-state index contributed by atoms with van der Waals surface area (Å²) in [6.07, 6.45) is 4.04. The first-order valence-electron chi connectivity index (χ1n) is 6.15. The van der Waals surface area contributed by atoms with E-state index in [-0.39, 0.29) is 0 Å². The zero-order valence-electron chi connectivity index (χ0n) is 10.4. The van der Waals surface area contributed by atoms with Crippen LogP contribution in [0.5, 0.6) is 0 Å². The molecule has 0 saturated carbocycles. The number of rotatable bonds is 3. The smallest absolute Gasteiger partial charge is 0.123 e. The van der Waals surface area contributed by atoms with E-state index in [0.717, 1.165) is 5.01 Å². The first kappa shape index (κ1) is 11.9. The van der Waals surface area contributed by atoms with Crippen LogP contribution in [-0.2, 0) is 0 Å². The Morgan fingerprint density at radius 1 is 0.895 bits per heavy atom. The molecule has 0 atom stereocenters. The number of hydrogen-bond donors (Lipinski definition) is 0. The molecule has 0 unspecified atom stereocenters. The van der Waals surface area contributed by atoms with E-state index in [4.69, 9.17) is 0 Å². The predicted octanol–water partition coefficient (Wildman–Crippen LogP) is 4.73. The van der Waals surface area contributed by atoms with E-state index in [1.807, 2.05) is 23.7 Å². The molecule has 3 rings (SSSR count). The normalized spacial score (nSPS) is 11.5. The monoisotopic (exact) mass is 263 g/mol. The van der Waals surface area contributed by atoms with Crippen LogP contribution in [0.25, 0.3) is 11.6 Å².